The monoisotopic (exact) mass is 345 g/mol. The van der Waals surface area contributed by atoms with Crippen LogP contribution in [-0.2, 0) is 9.59 Å². The standard InChI is InChI=1S/C18H23N3O4/c22-17-9-12(18(23)20-13-3-5-19-6-4-13)11-21(17)14-1-2-15-16(10-14)25-8-7-24-15/h1-2,10,12-13,19H,3-9,11H2,(H,20,23). The van der Waals surface area contributed by atoms with Crippen LogP contribution in [-0.4, -0.2) is 50.7 Å². The molecular formula is C18H23N3O4. The van der Waals surface area contributed by atoms with Gasteiger partial charge in [-0.05, 0) is 38.1 Å². The fraction of sp³-hybridized carbons (Fsp3) is 0.556. The fourth-order valence-corrected chi connectivity index (χ4v) is 3.62. The minimum absolute atomic E-state index is 0.0136. The third-order valence-corrected chi connectivity index (χ3v) is 5.02. The van der Waals surface area contributed by atoms with Gasteiger partial charge in [0.2, 0.25) is 11.8 Å². The molecule has 0 bridgehead atoms. The molecule has 3 aliphatic rings. The zero-order valence-electron chi connectivity index (χ0n) is 14.1. The molecule has 2 amide bonds. The Kier molecular flexibility index (Phi) is 4.48. The van der Waals surface area contributed by atoms with Crippen molar-refractivity contribution in [1.82, 2.24) is 10.6 Å². The van der Waals surface area contributed by atoms with Gasteiger partial charge in [0.15, 0.2) is 11.5 Å². The number of hydrogen-bond donors (Lipinski definition) is 2. The molecule has 0 aromatic heterocycles. The van der Waals surface area contributed by atoms with E-state index in [9.17, 15) is 9.59 Å². The molecule has 2 N–H and O–H groups in total. The van der Waals surface area contributed by atoms with Gasteiger partial charge in [0.05, 0.1) is 5.92 Å². The van der Waals surface area contributed by atoms with Crippen LogP contribution in [0, 0.1) is 5.92 Å². The van der Waals surface area contributed by atoms with Crippen LogP contribution in [0.5, 0.6) is 11.5 Å². The molecule has 0 saturated carbocycles. The molecule has 25 heavy (non-hydrogen) atoms. The number of piperidine rings is 1. The number of carbonyl (C=O) groups excluding carboxylic acids is 2. The van der Waals surface area contributed by atoms with Crippen molar-refractivity contribution in [2.45, 2.75) is 25.3 Å². The molecule has 134 valence electrons. The molecule has 2 fully saturated rings. The van der Waals surface area contributed by atoms with Crippen molar-refractivity contribution in [3.05, 3.63) is 18.2 Å². The second-order valence-corrected chi connectivity index (χ2v) is 6.77. The number of rotatable bonds is 3. The number of amides is 2. The SMILES string of the molecule is O=C(NC1CCNCC1)C1CC(=O)N(c2ccc3c(c2)OCCO3)C1. The lowest BCUT2D eigenvalue weighted by molar-refractivity contribution is -0.127. The Labute approximate surface area is 146 Å². The van der Waals surface area contributed by atoms with Gasteiger partial charge in [0, 0.05) is 30.8 Å². The highest BCUT2D eigenvalue weighted by molar-refractivity contribution is 6.00. The van der Waals surface area contributed by atoms with Crippen LogP contribution in [0.2, 0.25) is 0 Å². The summed E-state index contributed by atoms with van der Waals surface area (Å²) in [7, 11) is 0. The molecule has 7 nitrogen and oxygen atoms in total. The summed E-state index contributed by atoms with van der Waals surface area (Å²) in [5.41, 5.74) is 0.756. The maximum Gasteiger partial charge on any atom is 0.227 e. The molecule has 0 radical (unpaired) electrons. The molecule has 1 unspecified atom stereocenters. The van der Waals surface area contributed by atoms with E-state index >= 15 is 0 Å². The number of nitrogens with zero attached hydrogens (tertiary/aromatic N) is 1. The van der Waals surface area contributed by atoms with Gasteiger partial charge in [0.1, 0.15) is 13.2 Å². The van der Waals surface area contributed by atoms with E-state index in [4.69, 9.17) is 9.47 Å². The summed E-state index contributed by atoms with van der Waals surface area (Å²) in [5, 5.41) is 6.38. The molecule has 1 aromatic carbocycles. The summed E-state index contributed by atoms with van der Waals surface area (Å²) < 4.78 is 11.1. The maximum atomic E-state index is 12.5. The number of hydrogen-bond acceptors (Lipinski definition) is 5. The van der Waals surface area contributed by atoms with Crippen LogP contribution < -0.4 is 25.0 Å². The van der Waals surface area contributed by atoms with Crippen molar-refractivity contribution in [3.63, 3.8) is 0 Å². The first-order valence-electron chi connectivity index (χ1n) is 8.92. The van der Waals surface area contributed by atoms with Gasteiger partial charge >= 0.3 is 0 Å². The first-order chi connectivity index (χ1) is 12.2. The van der Waals surface area contributed by atoms with E-state index in [0.29, 0.717) is 31.3 Å². The highest BCUT2D eigenvalue weighted by atomic mass is 16.6. The molecule has 2 saturated heterocycles. The van der Waals surface area contributed by atoms with E-state index in [0.717, 1.165) is 31.6 Å². The Hall–Kier alpha value is -2.28. The number of fused-ring (bicyclic) bond motifs is 1. The summed E-state index contributed by atoms with van der Waals surface area (Å²) >= 11 is 0. The number of anilines is 1. The van der Waals surface area contributed by atoms with Gasteiger partial charge in [-0.1, -0.05) is 0 Å². The lowest BCUT2D eigenvalue weighted by atomic mass is 10.0. The number of benzene rings is 1. The normalized spacial score (nSPS) is 23.6. The fourth-order valence-electron chi connectivity index (χ4n) is 3.62. The Morgan fingerprint density at radius 2 is 1.92 bits per heavy atom. The van der Waals surface area contributed by atoms with Gasteiger partial charge in [0.25, 0.3) is 0 Å². The molecule has 1 aromatic rings. The van der Waals surface area contributed by atoms with Gasteiger partial charge in [-0.15, -0.1) is 0 Å². The van der Waals surface area contributed by atoms with Crippen molar-refractivity contribution >= 4 is 17.5 Å². The lowest BCUT2D eigenvalue weighted by Gasteiger charge is -2.25. The Balaban J connectivity index is 1.42. The number of carbonyl (C=O) groups is 2. The van der Waals surface area contributed by atoms with E-state index in [1.807, 2.05) is 18.2 Å². The average Bonchev–Trinajstić information content (AvgIpc) is 3.04. The summed E-state index contributed by atoms with van der Waals surface area (Å²) in [4.78, 5) is 26.6. The molecule has 1 atom stereocenters. The summed E-state index contributed by atoms with van der Waals surface area (Å²) in [6.45, 7) is 3.31. The molecule has 0 spiro atoms. The minimum Gasteiger partial charge on any atom is -0.486 e. The van der Waals surface area contributed by atoms with Crippen molar-refractivity contribution in [1.29, 1.82) is 0 Å². The highest BCUT2D eigenvalue weighted by Gasteiger charge is 2.36. The highest BCUT2D eigenvalue weighted by Crippen LogP contribution is 2.36. The van der Waals surface area contributed by atoms with Crippen molar-refractivity contribution in [2.24, 2.45) is 5.92 Å². The predicted molar refractivity (Wildman–Crippen MR) is 91.9 cm³/mol. The average molecular weight is 345 g/mol. The molecule has 4 rings (SSSR count). The van der Waals surface area contributed by atoms with Gasteiger partial charge in [-0.2, -0.15) is 0 Å². The van der Waals surface area contributed by atoms with Crippen LogP contribution in [0.1, 0.15) is 19.3 Å². The van der Waals surface area contributed by atoms with Gasteiger partial charge < -0.3 is 25.0 Å². The Bertz CT molecular complexity index is 672. The second-order valence-electron chi connectivity index (χ2n) is 6.77. The van der Waals surface area contributed by atoms with E-state index in [1.54, 1.807) is 4.90 Å². The van der Waals surface area contributed by atoms with E-state index < -0.39 is 0 Å². The first-order valence-corrected chi connectivity index (χ1v) is 8.92. The zero-order chi connectivity index (χ0) is 17.2. The third kappa shape index (κ3) is 3.42. The predicted octanol–water partition coefficient (Wildman–Crippen LogP) is 0.679. The molecule has 3 heterocycles. The lowest BCUT2D eigenvalue weighted by Crippen LogP contribution is -2.45. The Morgan fingerprint density at radius 3 is 2.72 bits per heavy atom. The number of nitrogens with one attached hydrogen (secondary N) is 2. The summed E-state index contributed by atoms with van der Waals surface area (Å²) in [6.07, 6.45) is 2.14. The van der Waals surface area contributed by atoms with Crippen LogP contribution >= 0.6 is 0 Å². The van der Waals surface area contributed by atoms with Gasteiger partial charge in [-0.3, -0.25) is 9.59 Å². The minimum atomic E-state index is -0.296. The maximum absolute atomic E-state index is 12.5. The molecular weight excluding hydrogens is 322 g/mol. The molecule has 0 aliphatic carbocycles. The van der Waals surface area contributed by atoms with Crippen molar-refractivity contribution in [2.75, 3.05) is 37.7 Å². The van der Waals surface area contributed by atoms with E-state index in [-0.39, 0.29) is 30.2 Å². The molecule has 3 aliphatic heterocycles. The van der Waals surface area contributed by atoms with Gasteiger partial charge in [-0.25, -0.2) is 0 Å². The van der Waals surface area contributed by atoms with Crippen molar-refractivity contribution in [3.8, 4) is 11.5 Å². The van der Waals surface area contributed by atoms with Crippen LogP contribution in [0.4, 0.5) is 5.69 Å². The van der Waals surface area contributed by atoms with Crippen molar-refractivity contribution < 1.29 is 19.1 Å². The number of ether oxygens (including phenoxy) is 2. The van der Waals surface area contributed by atoms with Crippen LogP contribution in [0.15, 0.2) is 18.2 Å². The topological polar surface area (TPSA) is 79.9 Å². The molecule has 7 heteroatoms. The summed E-state index contributed by atoms with van der Waals surface area (Å²) in [6, 6.07) is 5.70. The third-order valence-electron chi connectivity index (χ3n) is 5.02. The smallest absolute Gasteiger partial charge is 0.227 e. The van der Waals surface area contributed by atoms with Crippen LogP contribution in [0.3, 0.4) is 0 Å². The van der Waals surface area contributed by atoms with Crippen LogP contribution in [0.25, 0.3) is 0 Å². The largest absolute Gasteiger partial charge is 0.486 e. The van der Waals surface area contributed by atoms with E-state index in [2.05, 4.69) is 10.6 Å². The first kappa shape index (κ1) is 16.2. The second kappa shape index (κ2) is 6.92. The Morgan fingerprint density at radius 1 is 1.16 bits per heavy atom. The van der Waals surface area contributed by atoms with E-state index in [1.165, 1.54) is 0 Å². The quantitative estimate of drug-likeness (QED) is 0.842. The zero-order valence-corrected chi connectivity index (χ0v) is 14.1. The summed E-state index contributed by atoms with van der Waals surface area (Å²) in [5.74, 6) is 1.01.